The standard InChI is InChI=1S/C16H21N3OS.HI/c1-12-6-7-13(15(9-12)20-3)10-18-16(17-2)19-11-14-5-4-8-21-14;/h4-9H,10-11H2,1-3H3,(H2,17,18,19);1H. The van der Waals surface area contributed by atoms with E-state index >= 15 is 0 Å². The van der Waals surface area contributed by atoms with Gasteiger partial charge in [-0.3, -0.25) is 4.99 Å². The van der Waals surface area contributed by atoms with Crippen LogP contribution >= 0.6 is 35.3 Å². The average Bonchev–Trinajstić information content (AvgIpc) is 3.01. The molecule has 0 fully saturated rings. The van der Waals surface area contributed by atoms with E-state index in [2.05, 4.69) is 52.2 Å². The molecule has 0 amide bonds. The molecule has 1 aromatic carbocycles. The van der Waals surface area contributed by atoms with Gasteiger partial charge in [0.15, 0.2) is 5.96 Å². The highest BCUT2D eigenvalue weighted by Gasteiger charge is 2.05. The summed E-state index contributed by atoms with van der Waals surface area (Å²) in [6, 6.07) is 10.4. The Bertz CT molecular complexity index is 599. The van der Waals surface area contributed by atoms with Gasteiger partial charge in [0.2, 0.25) is 0 Å². The van der Waals surface area contributed by atoms with Crippen LogP contribution in [0.15, 0.2) is 40.7 Å². The molecule has 0 spiro atoms. The molecule has 0 aliphatic rings. The van der Waals surface area contributed by atoms with Crippen molar-refractivity contribution in [1.82, 2.24) is 10.6 Å². The molecule has 2 N–H and O–H groups in total. The summed E-state index contributed by atoms with van der Waals surface area (Å²) in [7, 11) is 3.47. The number of guanidine groups is 1. The van der Waals surface area contributed by atoms with Crippen LogP contribution in [-0.2, 0) is 13.1 Å². The maximum Gasteiger partial charge on any atom is 0.191 e. The van der Waals surface area contributed by atoms with Crippen LogP contribution in [0.25, 0.3) is 0 Å². The number of benzene rings is 1. The fourth-order valence-electron chi connectivity index (χ4n) is 1.98. The second kappa shape index (κ2) is 9.68. The van der Waals surface area contributed by atoms with Crippen LogP contribution in [0.3, 0.4) is 0 Å². The van der Waals surface area contributed by atoms with Crippen molar-refractivity contribution in [3.8, 4) is 5.75 Å². The molecule has 0 aliphatic heterocycles. The van der Waals surface area contributed by atoms with E-state index in [1.54, 1.807) is 25.5 Å². The Morgan fingerprint density at radius 2 is 2.00 bits per heavy atom. The van der Waals surface area contributed by atoms with Crippen LogP contribution in [0.2, 0.25) is 0 Å². The fraction of sp³-hybridized carbons (Fsp3) is 0.312. The molecular formula is C16H22IN3OS. The summed E-state index contributed by atoms with van der Waals surface area (Å²) in [5.41, 5.74) is 2.30. The number of methoxy groups -OCH3 is 1. The molecule has 0 atom stereocenters. The molecular weight excluding hydrogens is 409 g/mol. The van der Waals surface area contributed by atoms with Gasteiger partial charge in [-0.2, -0.15) is 0 Å². The van der Waals surface area contributed by atoms with Gasteiger partial charge in [-0.25, -0.2) is 0 Å². The Hall–Kier alpha value is -1.28. The molecule has 0 radical (unpaired) electrons. The second-order valence-corrected chi connectivity index (χ2v) is 5.71. The molecule has 0 aliphatic carbocycles. The number of nitrogens with zero attached hydrogens (tertiary/aromatic N) is 1. The van der Waals surface area contributed by atoms with Crippen molar-refractivity contribution in [3.05, 3.63) is 51.7 Å². The van der Waals surface area contributed by atoms with Gasteiger partial charge >= 0.3 is 0 Å². The largest absolute Gasteiger partial charge is 0.496 e. The lowest BCUT2D eigenvalue weighted by Gasteiger charge is -2.13. The molecule has 1 aromatic heterocycles. The lowest BCUT2D eigenvalue weighted by molar-refractivity contribution is 0.408. The third kappa shape index (κ3) is 5.49. The van der Waals surface area contributed by atoms with Gasteiger partial charge in [-0.15, -0.1) is 35.3 Å². The summed E-state index contributed by atoms with van der Waals surface area (Å²) in [6.07, 6.45) is 0. The van der Waals surface area contributed by atoms with E-state index in [0.717, 1.165) is 23.8 Å². The van der Waals surface area contributed by atoms with Crippen molar-refractivity contribution < 1.29 is 4.74 Å². The van der Waals surface area contributed by atoms with Gasteiger partial charge < -0.3 is 15.4 Å². The summed E-state index contributed by atoms with van der Waals surface area (Å²) < 4.78 is 5.41. The highest BCUT2D eigenvalue weighted by Crippen LogP contribution is 2.19. The quantitative estimate of drug-likeness (QED) is 0.433. The number of hydrogen-bond donors (Lipinski definition) is 2. The predicted molar refractivity (Wildman–Crippen MR) is 105 cm³/mol. The Balaban J connectivity index is 0.00000242. The van der Waals surface area contributed by atoms with Gasteiger partial charge in [0.25, 0.3) is 0 Å². The maximum atomic E-state index is 5.41. The van der Waals surface area contributed by atoms with E-state index in [4.69, 9.17) is 4.74 Å². The van der Waals surface area contributed by atoms with Gasteiger partial charge in [0.05, 0.1) is 13.7 Å². The molecule has 6 heteroatoms. The Morgan fingerprint density at radius 3 is 2.64 bits per heavy atom. The monoisotopic (exact) mass is 431 g/mol. The van der Waals surface area contributed by atoms with Crippen LogP contribution in [0, 0.1) is 6.92 Å². The van der Waals surface area contributed by atoms with Crippen molar-refractivity contribution in [2.75, 3.05) is 14.2 Å². The number of ether oxygens (including phenoxy) is 1. The zero-order valence-electron chi connectivity index (χ0n) is 13.1. The maximum absolute atomic E-state index is 5.41. The molecule has 0 saturated heterocycles. The van der Waals surface area contributed by atoms with Crippen LogP contribution < -0.4 is 15.4 Å². The first-order valence-electron chi connectivity index (χ1n) is 6.83. The second-order valence-electron chi connectivity index (χ2n) is 4.67. The molecule has 22 heavy (non-hydrogen) atoms. The third-order valence-electron chi connectivity index (χ3n) is 3.12. The average molecular weight is 431 g/mol. The number of aryl methyl sites for hydroxylation is 1. The Morgan fingerprint density at radius 1 is 1.23 bits per heavy atom. The summed E-state index contributed by atoms with van der Waals surface area (Å²) >= 11 is 1.73. The van der Waals surface area contributed by atoms with E-state index in [1.165, 1.54) is 10.4 Å². The topological polar surface area (TPSA) is 45.7 Å². The first-order valence-corrected chi connectivity index (χ1v) is 7.71. The van der Waals surface area contributed by atoms with Gasteiger partial charge in [-0.05, 0) is 30.0 Å². The smallest absolute Gasteiger partial charge is 0.191 e. The van der Waals surface area contributed by atoms with Crippen molar-refractivity contribution in [3.63, 3.8) is 0 Å². The van der Waals surface area contributed by atoms with E-state index in [1.807, 2.05) is 6.07 Å². The van der Waals surface area contributed by atoms with Gasteiger partial charge in [0.1, 0.15) is 5.75 Å². The molecule has 0 saturated carbocycles. The summed E-state index contributed by atoms with van der Waals surface area (Å²) in [5, 5.41) is 8.68. The number of hydrogen-bond acceptors (Lipinski definition) is 3. The molecule has 4 nitrogen and oxygen atoms in total. The highest BCUT2D eigenvalue weighted by atomic mass is 127. The zero-order chi connectivity index (χ0) is 15.1. The summed E-state index contributed by atoms with van der Waals surface area (Å²) in [4.78, 5) is 5.52. The SMILES string of the molecule is CN=C(NCc1cccs1)NCc1ccc(C)cc1OC.I. The first kappa shape index (κ1) is 18.8. The lowest BCUT2D eigenvalue weighted by Crippen LogP contribution is -2.36. The molecule has 0 unspecified atom stereocenters. The molecule has 1 heterocycles. The van der Waals surface area contributed by atoms with Crippen LogP contribution in [0.5, 0.6) is 5.75 Å². The first-order chi connectivity index (χ1) is 10.2. The van der Waals surface area contributed by atoms with Crippen LogP contribution in [0.1, 0.15) is 16.0 Å². The van der Waals surface area contributed by atoms with Gasteiger partial charge in [-0.1, -0.05) is 18.2 Å². The van der Waals surface area contributed by atoms with Crippen molar-refractivity contribution in [1.29, 1.82) is 0 Å². The van der Waals surface area contributed by atoms with E-state index in [0.29, 0.717) is 6.54 Å². The third-order valence-corrected chi connectivity index (χ3v) is 4.00. The van der Waals surface area contributed by atoms with Crippen LogP contribution in [-0.4, -0.2) is 20.1 Å². The number of halogens is 1. The number of nitrogens with one attached hydrogen (secondary N) is 2. The molecule has 0 bridgehead atoms. The molecule has 2 aromatic rings. The molecule has 120 valence electrons. The van der Waals surface area contributed by atoms with Crippen molar-refractivity contribution in [2.24, 2.45) is 4.99 Å². The number of aliphatic imine (C=N–C) groups is 1. The Labute approximate surface area is 153 Å². The zero-order valence-corrected chi connectivity index (χ0v) is 16.2. The predicted octanol–water partition coefficient (Wildman–Crippen LogP) is 3.55. The van der Waals surface area contributed by atoms with Crippen molar-refractivity contribution >= 4 is 41.3 Å². The van der Waals surface area contributed by atoms with Crippen molar-refractivity contribution in [2.45, 2.75) is 20.0 Å². The summed E-state index contributed by atoms with van der Waals surface area (Å²) in [6.45, 7) is 3.51. The molecule has 2 rings (SSSR count). The highest BCUT2D eigenvalue weighted by molar-refractivity contribution is 14.0. The van der Waals surface area contributed by atoms with E-state index in [-0.39, 0.29) is 24.0 Å². The number of thiophene rings is 1. The summed E-state index contributed by atoms with van der Waals surface area (Å²) in [5.74, 6) is 1.68. The minimum absolute atomic E-state index is 0. The minimum Gasteiger partial charge on any atom is -0.496 e. The Kier molecular flexibility index (Phi) is 8.26. The normalized spacial score (nSPS) is 10.8. The van der Waals surface area contributed by atoms with E-state index in [9.17, 15) is 0 Å². The van der Waals surface area contributed by atoms with Crippen LogP contribution in [0.4, 0.5) is 0 Å². The minimum atomic E-state index is 0. The fourth-order valence-corrected chi connectivity index (χ4v) is 2.63. The van der Waals surface area contributed by atoms with Gasteiger partial charge in [0, 0.05) is 24.0 Å². The van der Waals surface area contributed by atoms with E-state index < -0.39 is 0 Å². The lowest BCUT2D eigenvalue weighted by atomic mass is 10.1. The number of rotatable bonds is 5.